The first-order valence-electron chi connectivity index (χ1n) is 16.4. The Morgan fingerprint density at radius 2 is 1.27 bits per heavy atom. The van der Waals surface area contributed by atoms with Crippen molar-refractivity contribution in [3.63, 3.8) is 0 Å². The molecule has 16 nitrogen and oxygen atoms in total. The number of hydrogen-bond acceptors (Lipinski definition) is 14. The number of carbonyl (C=O) groups is 5. The van der Waals surface area contributed by atoms with Gasteiger partial charge >= 0.3 is 39.9 Å². The van der Waals surface area contributed by atoms with Crippen molar-refractivity contribution in [3.8, 4) is 0 Å². The second kappa shape index (κ2) is 26.6. The van der Waals surface area contributed by atoms with Gasteiger partial charge in [0.1, 0.15) is 0 Å². The van der Waals surface area contributed by atoms with E-state index in [4.69, 9.17) is 10.6 Å². The van der Waals surface area contributed by atoms with Crippen LogP contribution in [0.15, 0.2) is 66.8 Å². The summed E-state index contributed by atoms with van der Waals surface area (Å²) in [5.41, 5.74) is 10.0. The summed E-state index contributed by atoms with van der Waals surface area (Å²) >= 11 is 0. The molecule has 0 saturated carbocycles. The van der Waals surface area contributed by atoms with E-state index >= 15 is 0 Å². The number of hydrogen-bond donors (Lipinski definition) is 3. The van der Waals surface area contributed by atoms with Crippen molar-refractivity contribution >= 4 is 29.7 Å². The Labute approximate surface area is 330 Å². The fourth-order valence-electron chi connectivity index (χ4n) is 5.03. The summed E-state index contributed by atoms with van der Waals surface area (Å²) in [6.45, 7) is 4.78. The number of allylic oxidation sites excluding steroid dienone is 3. The van der Waals surface area contributed by atoms with Gasteiger partial charge in [-0.05, 0) is 24.0 Å². The molecule has 1 heterocycles. The number of nitrogens with zero attached hydrogens (tertiary/aromatic N) is 4. The van der Waals surface area contributed by atoms with E-state index in [0.717, 1.165) is 11.1 Å². The first-order chi connectivity index (χ1) is 23.9. The Kier molecular flexibility index (Phi) is 24.0. The number of nitrogens with one attached hydrogen (secondary N) is 2. The summed E-state index contributed by atoms with van der Waals surface area (Å²) in [5.74, 6) is -4.63. The zero-order valence-electron chi connectivity index (χ0n) is 28.7. The van der Waals surface area contributed by atoms with E-state index in [1.807, 2.05) is 36.4 Å². The molecule has 1 saturated heterocycles. The van der Waals surface area contributed by atoms with Crippen LogP contribution in [0.25, 0.3) is 0 Å². The predicted octanol–water partition coefficient (Wildman–Crippen LogP) is -4.40. The number of rotatable bonds is 19. The molecule has 1 radical (unpaired) electrons. The molecule has 2 rings (SSSR count). The van der Waals surface area contributed by atoms with Crippen molar-refractivity contribution < 1.29 is 84.1 Å². The third-order valence-corrected chi connectivity index (χ3v) is 7.74. The van der Waals surface area contributed by atoms with E-state index < -0.39 is 36.4 Å². The molecule has 281 valence electrons. The van der Waals surface area contributed by atoms with Gasteiger partial charge in [0.05, 0.1) is 37.1 Å². The van der Waals surface area contributed by atoms with Crippen LogP contribution in [0.4, 0.5) is 0 Å². The molecule has 51 heavy (non-hydrogen) atoms. The number of benzene rings is 1. The van der Waals surface area contributed by atoms with Gasteiger partial charge in [0.25, 0.3) is 5.91 Å². The summed E-state index contributed by atoms with van der Waals surface area (Å²) in [6.07, 6.45) is 7.79. The molecule has 17 heteroatoms. The minimum absolute atomic E-state index is 0. The molecule has 2 amide bonds. The van der Waals surface area contributed by atoms with Gasteiger partial charge in [0.2, 0.25) is 5.91 Å². The number of nitrogens with two attached hydrogens (primary N) is 1. The minimum atomic E-state index is -1.30. The van der Waals surface area contributed by atoms with Crippen molar-refractivity contribution in [2.45, 2.75) is 25.5 Å². The first-order valence-corrected chi connectivity index (χ1v) is 16.4. The topological polar surface area (TPSA) is 227 Å². The van der Waals surface area contributed by atoms with Crippen LogP contribution in [0.5, 0.6) is 0 Å². The van der Waals surface area contributed by atoms with Gasteiger partial charge in [-0.2, -0.15) is 0 Å². The Morgan fingerprint density at radius 1 is 0.804 bits per heavy atom. The standard InChI is InChI=1S/C34H51N7O9.Gd/c1-2-8-27(9-6-7-12-29(35)34(49)37-50-26-28-10-4-3-5-11-28)21-36-30(42)22-38-13-15-39(23-31(43)44)17-19-41(25-33(47)48)20-18-40(16-14-38)24-32(45)46;/h2-6,8-11,29H,1,7,12-26,35H2,(H,36,42)(H,37,49)(H,43,44)(H,45,46)(H,47,48);/q;+3/p-3/b9-6-,27-8+;/t29-;/m0./s1. The molecule has 0 unspecified atom stereocenters. The molecular formula is C34H48GdN7O9. The van der Waals surface area contributed by atoms with Gasteiger partial charge in [-0.1, -0.05) is 61.2 Å². The van der Waals surface area contributed by atoms with Gasteiger partial charge in [0.15, 0.2) is 0 Å². The molecule has 0 aliphatic carbocycles. The van der Waals surface area contributed by atoms with Crippen LogP contribution in [0.2, 0.25) is 0 Å². The number of carbonyl (C=O) groups excluding carboxylic acids is 5. The Hall–Kier alpha value is -3.13. The van der Waals surface area contributed by atoms with Crippen molar-refractivity contribution in [3.05, 3.63) is 72.4 Å². The van der Waals surface area contributed by atoms with E-state index in [1.54, 1.807) is 37.8 Å². The summed E-state index contributed by atoms with van der Waals surface area (Å²) in [5, 5.41) is 36.9. The maximum Gasteiger partial charge on any atom is 3.00 e. The first kappa shape index (κ1) is 45.9. The van der Waals surface area contributed by atoms with Crippen LogP contribution >= 0.6 is 0 Å². The number of aliphatic carboxylic acids is 3. The van der Waals surface area contributed by atoms with Crippen LogP contribution in [0.1, 0.15) is 18.4 Å². The zero-order valence-corrected chi connectivity index (χ0v) is 31.0. The SMILES string of the molecule is C=C/C=C(\C=C/CC[C@H](N)C(=O)NOCc1ccccc1)CNC(=O)CN1CCN(CC(=O)[O-])CCN(CC(=O)[O-])CCN(CC(=O)[O-])CC1.[Gd+3]. The summed E-state index contributed by atoms with van der Waals surface area (Å²) < 4.78 is 0. The van der Waals surface area contributed by atoms with Crippen molar-refractivity contribution in [2.24, 2.45) is 5.73 Å². The molecule has 0 aromatic heterocycles. The van der Waals surface area contributed by atoms with Crippen LogP contribution in [-0.2, 0) is 35.4 Å². The number of amides is 2. The van der Waals surface area contributed by atoms with Crippen LogP contribution in [-0.4, -0.2) is 140 Å². The van der Waals surface area contributed by atoms with Crippen LogP contribution in [0, 0.1) is 39.9 Å². The number of carboxylic acids is 3. The fourth-order valence-corrected chi connectivity index (χ4v) is 5.03. The van der Waals surface area contributed by atoms with Crippen LogP contribution < -0.4 is 31.9 Å². The molecule has 0 bridgehead atoms. The van der Waals surface area contributed by atoms with Crippen molar-refractivity contribution in [2.75, 3.05) is 85.1 Å². The number of hydroxylamine groups is 1. The average molecular weight is 856 g/mol. The van der Waals surface area contributed by atoms with Gasteiger partial charge in [-0.25, -0.2) is 5.48 Å². The molecule has 1 aromatic carbocycles. The van der Waals surface area contributed by atoms with E-state index in [0.29, 0.717) is 12.8 Å². The van der Waals surface area contributed by atoms with Crippen LogP contribution in [0.3, 0.4) is 0 Å². The summed E-state index contributed by atoms with van der Waals surface area (Å²) in [6, 6.07) is 8.59. The van der Waals surface area contributed by atoms with Gasteiger partial charge in [0, 0.05) is 78.5 Å². The molecule has 1 aliphatic rings. The zero-order chi connectivity index (χ0) is 36.7. The second-order valence-electron chi connectivity index (χ2n) is 11.8. The molecule has 1 aliphatic heterocycles. The molecule has 4 N–H and O–H groups in total. The second-order valence-corrected chi connectivity index (χ2v) is 11.8. The minimum Gasteiger partial charge on any atom is -0.549 e. The third kappa shape index (κ3) is 21.8. The third-order valence-electron chi connectivity index (χ3n) is 7.74. The van der Waals surface area contributed by atoms with Crippen molar-refractivity contribution in [1.82, 2.24) is 30.4 Å². The quantitative estimate of drug-likeness (QED) is 0.0883. The largest absolute Gasteiger partial charge is 3.00 e. The summed E-state index contributed by atoms with van der Waals surface area (Å²) in [7, 11) is 0. The van der Waals surface area contributed by atoms with Gasteiger partial charge in [-0.15, -0.1) is 0 Å². The Morgan fingerprint density at radius 3 is 1.73 bits per heavy atom. The normalized spacial score (nSPS) is 16.6. The van der Waals surface area contributed by atoms with E-state index in [2.05, 4.69) is 17.4 Å². The maximum atomic E-state index is 13.0. The van der Waals surface area contributed by atoms with Gasteiger partial charge < -0.3 is 40.8 Å². The number of carboxylic acid groups (broad SMARTS) is 3. The molecular weight excluding hydrogens is 808 g/mol. The van der Waals surface area contributed by atoms with E-state index in [9.17, 15) is 39.3 Å². The smallest absolute Gasteiger partial charge is 0.549 e. The maximum absolute atomic E-state index is 13.0. The Bertz CT molecular complexity index is 1280. The predicted molar refractivity (Wildman–Crippen MR) is 178 cm³/mol. The van der Waals surface area contributed by atoms with Gasteiger partial charge in [-0.3, -0.25) is 34.0 Å². The molecule has 1 fully saturated rings. The van der Waals surface area contributed by atoms with E-state index in [1.165, 1.54) is 0 Å². The van der Waals surface area contributed by atoms with Crippen molar-refractivity contribution in [1.29, 1.82) is 0 Å². The average Bonchev–Trinajstić information content (AvgIpc) is 3.06. The monoisotopic (exact) mass is 856 g/mol. The molecule has 1 atom stereocenters. The summed E-state index contributed by atoms with van der Waals surface area (Å²) in [4.78, 5) is 71.1. The molecule has 0 spiro atoms. The fraction of sp³-hybridized carbons (Fsp3) is 0.500. The Balaban J connectivity index is 0.0000130. The van der Waals surface area contributed by atoms with E-state index in [-0.39, 0.29) is 131 Å². The molecule has 1 aromatic rings.